The van der Waals surface area contributed by atoms with Gasteiger partial charge in [0.25, 0.3) is 0 Å². The summed E-state index contributed by atoms with van der Waals surface area (Å²) in [4.78, 5) is 12.0. The van der Waals surface area contributed by atoms with Gasteiger partial charge in [-0.05, 0) is 26.2 Å². The molecule has 1 atom stereocenters. The third kappa shape index (κ3) is 6.08. The molecule has 0 aliphatic rings. The minimum absolute atomic E-state index is 0.0248. The van der Waals surface area contributed by atoms with Gasteiger partial charge in [-0.25, -0.2) is 0 Å². The molecule has 0 fully saturated rings. The van der Waals surface area contributed by atoms with Crippen molar-refractivity contribution in [2.24, 2.45) is 11.8 Å². The van der Waals surface area contributed by atoms with Crippen LogP contribution in [-0.2, 0) is 4.79 Å². The summed E-state index contributed by atoms with van der Waals surface area (Å²) >= 11 is 4.53. The minimum atomic E-state index is -0.261. The molecule has 0 rings (SSSR count). The van der Waals surface area contributed by atoms with Crippen LogP contribution in [0.3, 0.4) is 0 Å². The molecule has 0 aromatic carbocycles. The van der Waals surface area contributed by atoms with Gasteiger partial charge >= 0.3 is 0 Å². The zero-order valence-corrected chi connectivity index (χ0v) is 11.7. The maximum absolute atomic E-state index is 12.0. The van der Waals surface area contributed by atoms with Crippen LogP contribution in [0.1, 0.15) is 48.0 Å². The fourth-order valence-corrected chi connectivity index (χ4v) is 1.80. The Balaban J connectivity index is 4.56. The van der Waals surface area contributed by atoms with Crippen molar-refractivity contribution in [3.8, 4) is 0 Å². The SMILES string of the molecule is CC(C)CC(C(=O)NC(C)C)C(C)(C)S. The smallest absolute Gasteiger partial charge is 0.224 e. The van der Waals surface area contributed by atoms with Crippen LogP contribution in [-0.4, -0.2) is 16.7 Å². The van der Waals surface area contributed by atoms with Crippen LogP contribution in [0.2, 0.25) is 0 Å². The minimum Gasteiger partial charge on any atom is -0.354 e. The molecule has 1 amide bonds. The highest BCUT2D eigenvalue weighted by atomic mass is 32.1. The van der Waals surface area contributed by atoms with Crippen molar-refractivity contribution >= 4 is 18.5 Å². The maximum atomic E-state index is 12.0. The van der Waals surface area contributed by atoms with Crippen LogP contribution in [0.4, 0.5) is 0 Å². The number of thiol groups is 1. The number of hydrogen-bond donors (Lipinski definition) is 2. The summed E-state index contributed by atoms with van der Waals surface area (Å²) in [5, 5.41) is 2.97. The molecule has 0 aromatic heterocycles. The van der Waals surface area contributed by atoms with Crippen LogP contribution in [0, 0.1) is 11.8 Å². The number of amides is 1. The molecule has 2 nitrogen and oxygen atoms in total. The number of carbonyl (C=O) groups is 1. The lowest BCUT2D eigenvalue weighted by Gasteiger charge is -2.30. The summed E-state index contributed by atoms with van der Waals surface area (Å²) in [6.07, 6.45) is 0.884. The lowest BCUT2D eigenvalue weighted by atomic mass is 9.86. The van der Waals surface area contributed by atoms with Crippen molar-refractivity contribution in [1.82, 2.24) is 5.32 Å². The largest absolute Gasteiger partial charge is 0.354 e. The van der Waals surface area contributed by atoms with Gasteiger partial charge in [0.15, 0.2) is 0 Å². The van der Waals surface area contributed by atoms with E-state index in [9.17, 15) is 4.79 Å². The molecule has 90 valence electrons. The van der Waals surface area contributed by atoms with Crippen molar-refractivity contribution < 1.29 is 4.79 Å². The van der Waals surface area contributed by atoms with Crippen LogP contribution in [0.15, 0.2) is 0 Å². The van der Waals surface area contributed by atoms with Gasteiger partial charge < -0.3 is 5.32 Å². The number of hydrogen-bond acceptors (Lipinski definition) is 2. The zero-order chi connectivity index (χ0) is 12.2. The average molecular weight is 231 g/mol. The van der Waals surface area contributed by atoms with Crippen molar-refractivity contribution in [3.63, 3.8) is 0 Å². The molecule has 0 heterocycles. The second-order valence-electron chi connectivity index (χ2n) is 5.50. The molecular formula is C12H25NOS. The molecule has 0 bridgehead atoms. The Hall–Kier alpha value is -0.180. The summed E-state index contributed by atoms with van der Waals surface area (Å²) in [7, 11) is 0. The Bertz CT molecular complexity index is 206. The van der Waals surface area contributed by atoms with Gasteiger partial charge in [0.2, 0.25) is 5.91 Å². The van der Waals surface area contributed by atoms with E-state index in [-0.39, 0.29) is 22.6 Å². The fraction of sp³-hybridized carbons (Fsp3) is 0.917. The highest BCUT2D eigenvalue weighted by Crippen LogP contribution is 2.29. The summed E-state index contributed by atoms with van der Waals surface area (Å²) in [5.41, 5.74) is 0. The van der Waals surface area contributed by atoms with E-state index in [4.69, 9.17) is 0 Å². The van der Waals surface area contributed by atoms with Crippen molar-refractivity contribution in [2.45, 2.75) is 58.8 Å². The van der Waals surface area contributed by atoms with Crippen LogP contribution in [0.5, 0.6) is 0 Å². The molecular weight excluding hydrogens is 206 g/mol. The first kappa shape index (κ1) is 14.8. The first-order chi connectivity index (χ1) is 6.64. The van der Waals surface area contributed by atoms with E-state index in [0.29, 0.717) is 5.92 Å². The zero-order valence-electron chi connectivity index (χ0n) is 10.8. The summed E-state index contributed by atoms with van der Waals surface area (Å²) in [6, 6.07) is 0.197. The molecule has 15 heavy (non-hydrogen) atoms. The fourth-order valence-electron chi connectivity index (χ4n) is 1.57. The normalized spacial score (nSPS) is 14.5. The van der Waals surface area contributed by atoms with Gasteiger partial charge in [0.05, 0.1) is 5.92 Å². The Labute approximate surface area is 99.6 Å². The third-order valence-corrected chi connectivity index (χ3v) is 2.62. The highest BCUT2D eigenvalue weighted by Gasteiger charge is 2.32. The highest BCUT2D eigenvalue weighted by molar-refractivity contribution is 7.81. The molecule has 0 radical (unpaired) electrons. The van der Waals surface area contributed by atoms with Crippen LogP contribution in [0.25, 0.3) is 0 Å². The molecule has 0 aromatic rings. The Morgan fingerprint density at radius 1 is 1.27 bits per heavy atom. The molecule has 0 aliphatic heterocycles. The molecule has 0 saturated carbocycles. The monoisotopic (exact) mass is 231 g/mol. The van der Waals surface area contributed by atoms with Gasteiger partial charge in [-0.3, -0.25) is 4.79 Å². The predicted molar refractivity (Wildman–Crippen MR) is 69.3 cm³/mol. The first-order valence-corrected chi connectivity index (χ1v) is 6.12. The van der Waals surface area contributed by atoms with Crippen LogP contribution < -0.4 is 5.32 Å². The summed E-state index contributed by atoms with van der Waals surface area (Å²) < 4.78 is -0.261. The van der Waals surface area contributed by atoms with Gasteiger partial charge in [-0.15, -0.1) is 0 Å². The molecule has 3 heteroatoms. The lowest BCUT2D eigenvalue weighted by molar-refractivity contribution is -0.126. The Morgan fingerprint density at radius 2 is 1.73 bits per heavy atom. The molecule has 0 aliphatic carbocycles. The maximum Gasteiger partial charge on any atom is 0.224 e. The van der Waals surface area contributed by atoms with Gasteiger partial charge in [0, 0.05) is 10.8 Å². The molecule has 1 N–H and O–H groups in total. The van der Waals surface area contributed by atoms with Gasteiger partial charge in [-0.1, -0.05) is 27.7 Å². The average Bonchev–Trinajstić information content (AvgIpc) is 1.95. The first-order valence-electron chi connectivity index (χ1n) is 5.67. The van der Waals surface area contributed by atoms with E-state index in [1.54, 1.807) is 0 Å². The third-order valence-electron chi connectivity index (χ3n) is 2.31. The standard InChI is InChI=1S/C12H25NOS/c1-8(2)7-10(12(5,6)15)11(14)13-9(3)4/h8-10,15H,7H2,1-6H3,(H,13,14). The van der Waals surface area contributed by atoms with Crippen molar-refractivity contribution in [3.05, 3.63) is 0 Å². The number of carbonyl (C=O) groups excluding carboxylic acids is 1. The molecule has 1 unspecified atom stereocenters. The summed E-state index contributed by atoms with van der Waals surface area (Å²) in [6.45, 7) is 12.2. The van der Waals surface area contributed by atoms with E-state index in [2.05, 4.69) is 31.8 Å². The van der Waals surface area contributed by atoms with E-state index in [0.717, 1.165) is 6.42 Å². The number of rotatable bonds is 5. The quantitative estimate of drug-likeness (QED) is 0.700. The Kier molecular flexibility index (Phi) is 5.71. The van der Waals surface area contributed by atoms with Crippen LogP contribution >= 0.6 is 12.6 Å². The summed E-state index contributed by atoms with van der Waals surface area (Å²) in [5.74, 6) is 0.612. The van der Waals surface area contributed by atoms with Crippen molar-refractivity contribution in [2.75, 3.05) is 0 Å². The second kappa shape index (κ2) is 5.78. The Morgan fingerprint density at radius 3 is 2.00 bits per heavy atom. The van der Waals surface area contributed by atoms with E-state index in [1.807, 2.05) is 27.7 Å². The number of nitrogens with one attached hydrogen (secondary N) is 1. The van der Waals surface area contributed by atoms with Crippen molar-refractivity contribution in [1.29, 1.82) is 0 Å². The lowest BCUT2D eigenvalue weighted by Crippen LogP contribution is -2.43. The van der Waals surface area contributed by atoms with E-state index < -0.39 is 0 Å². The van der Waals surface area contributed by atoms with Gasteiger partial charge in [0.1, 0.15) is 0 Å². The topological polar surface area (TPSA) is 29.1 Å². The molecule has 0 saturated heterocycles. The van der Waals surface area contributed by atoms with Gasteiger partial charge in [-0.2, -0.15) is 12.6 Å². The predicted octanol–water partition coefficient (Wildman–Crippen LogP) is 2.88. The second-order valence-corrected chi connectivity index (χ2v) is 6.65. The van der Waals surface area contributed by atoms with E-state index in [1.165, 1.54) is 0 Å². The molecule has 0 spiro atoms. The van der Waals surface area contributed by atoms with E-state index >= 15 is 0 Å².